The van der Waals surface area contributed by atoms with Crippen LogP contribution in [0.15, 0.2) is 24.3 Å². The summed E-state index contributed by atoms with van der Waals surface area (Å²) in [6.07, 6.45) is 11.9. The topological polar surface area (TPSA) is 59.6 Å². The van der Waals surface area contributed by atoms with Gasteiger partial charge in [0.05, 0.1) is 0 Å². The van der Waals surface area contributed by atoms with Crippen molar-refractivity contribution in [1.82, 2.24) is 24.5 Å². The van der Waals surface area contributed by atoms with Gasteiger partial charge in [-0.3, -0.25) is 19.4 Å². The molecule has 3 heterocycles. The number of benzene rings is 1. The average Bonchev–Trinajstić information content (AvgIpc) is 4.00. The van der Waals surface area contributed by atoms with Crippen LogP contribution in [0.4, 0.5) is 0 Å². The number of hydrogen-bond acceptors (Lipinski definition) is 7. The number of ether oxygens (including phenoxy) is 1. The fourth-order valence-electron chi connectivity index (χ4n) is 13.0. The second-order valence-corrected chi connectivity index (χ2v) is 21.7. The van der Waals surface area contributed by atoms with Crippen LogP contribution in [0.3, 0.4) is 0 Å². The summed E-state index contributed by atoms with van der Waals surface area (Å²) in [6.45, 7) is 31.2. The van der Waals surface area contributed by atoms with Crippen LogP contribution in [0, 0.1) is 54.3 Å². The molecule has 58 heavy (non-hydrogen) atoms. The van der Waals surface area contributed by atoms with Crippen molar-refractivity contribution in [3.05, 3.63) is 35.4 Å². The molecular weight excluding hydrogens is 719 g/mol. The first-order valence-electron chi connectivity index (χ1n) is 24.2. The fraction of sp³-hybridized carbons (Fsp3) is 0.840. The molecule has 0 radical (unpaired) electrons. The van der Waals surface area contributed by atoms with E-state index in [-0.39, 0.29) is 11.6 Å². The van der Waals surface area contributed by atoms with Crippen molar-refractivity contribution in [2.75, 3.05) is 78.5 Å². The summed E-state index contributed by atoms with van der Waals surface area (Å²) in [5, 5.41) is 0. The number of esters is 1. The van der Waals surface area contributed by atoms with Crippen LogP contribution in [-0.2, 0) is 14.3 Å². The van der Waals surface area contributed by atoms with Crippen LogP contribution in [0.5, 0.6) is 0 Å². The van der Waals surface area contributed by atoms with Crippen molar-refractivity contribution in [3.8, 4) is 0 Å². The Kier molecular flexibility index (Phi) is 14.7. The van der Waals surface area contributed by atoms with Crippen molar-refractivity contribution in [2.24, 2.45) is 47.3 Å². The molecule has 4 bridgehead atoms. The molecule has 1 amide bonds. The molecule has 0 spiro atoms. The summed E-state index contributed by atoms with van der Waals surface area (Å²) in [5.74, 6) is 7.03. The van der Waals surface area contributed by atoms with E-state index in [1.165, 1.54) is 115 Å². The molecule has 4 unspecified atom stereocenters. The Morgan fingerprint density at radius 2 is 1.03 bits per heavy atom. The lowest BCUT2D eigenvalue weighted by Crippen LogP contribution is -2.51. The highest BCUT2D eigenvalue weighted by Crippen LogP contribution is 2.55. The largest absolute Gasteiger partial charge is 0.460 e. The monoisotopic (exact) mass is 802 g/mol. The molecule has 8 heteroatoms. The van der Waals surface area contributed by atoms with E-state index in [9.17, 15) is 9.59 Å². The van der Waals surface area contributed by atoms with Crippen LogP contribution in [0.2, 0.25) is 0 Å². The highest BCUT2D eigenvalue weighted by atomic mass is 16.6. The molecular formula is C50H83N5O3. The molecule has 4 saturated carbocycles. The van der Waals surface area contributed by atoms with Crippen LogP contribution < -0.4 is 0 Å². The zero-order chi connectivity index (χ0) is 41.1. The summed E-state index contributed by atoms with van der Waals surface area (Å²) in [6, 6.07) is 10.4. The number of rotatable bonds is 11. The van der Waals surface area contributed by atoms with E-state index in [4.69, 9.17) is 4.74 Å². The van der Waals surface area contributed by atoms with E-state index < -0.39 is 0 Å². The summed E-state index contributed by atoms with van der Waals surface area (Å²) < 4.78 is 5.63. The molecule has 1 aromatic carbocycles. The number of fused-ring (bicyclic) bond motifs is 4. The molecule has 326 valence electrons. The fourth-order valence-corrected chi connectivity index (χ4v) is 13.0. The lowest BCUT2D eigenvalue weighted by molar-refractivity contribution is -0.157. The third kappa shape index (κ3) is 11.1. The van der Waals surface area contributed by atoms with Crippen molar-refractivity contribution in [1.29, 1.82) is 0 Å². The van der Waals surface area contributed by atoms with Gasteiger partial charge in [-0.05, 0) is 166 Å². The van der Waals surface area contributed by atoms with Crippen LogP contribution >= 0.6 is 0 Å². The van der Waals surface area contributed by atoms with E-state index in [1.54, 1.807) is 0 Å². The predicted molar refractivity (Wildman–Crippen MR) is 237 cm³/mol. The van der Waals surface area contributed by atoms with Gasteiger partial charge < -0.3 is 19.4 Å². The number of piperazine rings is 2. The van der Waals surface area contributed by atoms with Gasteiger partial charge >= 0.3 is 5.97 Å². The first-order chi connectivity index (χ1) is 27.7. The lowest BCUT2D eigenvalue weighted by Gasteiger charge is -2.41. The summed E-state index contributed by atoms with van der Waals surface area (Å²) in [5.41, 5.74) is 2.42. The molecule has 1 aromatic rings. The smallest absolute Gasteiger partial charge is 0.306 e. The van der Waals surface area contributed by atoms with E-state index in [1.807, 2.05) is 20.8 Å². The van der Waals surface area contributed by atoms with Gasteiger partial charge in [-0.2, -0.15) is 0 Å². The van der Waals surface area contributed by atoms with Gasteiger partial charge in [0.1, 0.15) is 5.60 Å². The van der Waals surface area contributed by atoms with Crippen LogP contribution in [0.1, 0.15) is 130 Å². The Balaban J connectivity index is 0.000000184. The second-order valence-electron chi connectivity index (χ2n) is 21.7. The Hall–Kier alpha value is -2.00. The highest BCUT2D eigenvalue weighted by molar-refractivity contribution is 5.76. The van der Waals surface area contributed by atoms with Gasteiger partial charge in [-0.15, -0.1) is 0 Å². The van der Waals surface area contributed by atoms with Gasteiger partial charge in [0.2, 0.25) is 5.91 Å². The van der Waals surface area contributed by atoms with Crippen molar-refractivity contribution in [2.45, 2.75) is 143 Å². The standard InChI is InChI=1S/C29H45N3O.C21H38N2O2/c1-21(2)31-16-14-30(15-17-31)20-28-26-9-8-25(18-26)27(28)19-29(33)32-12-10-24(11-13-32)23-6-4-22(3)5-7-23;1-15(2)23-10-8-22(9-11-23)14-19-17-7-6-16(12-17)18(19)13-20(24)25-21(3,4)5/h4-7,21,24-28H,8-20H2,1-3H3;15-19H,6-14H2,1-5H3/t25-,26+,27?,28?;16-,17+,18?,19?/m00/s1. The third-order valence-electron chi connectivity index (χ3n) is 16.4. The Morgan fingerprint density at radius 3 is 1.47 bits per heavy atom. The Morgan fingerprint density at radius 1 is 0.603 bits per heavy atom. The number of aryl methyl sites for hydroxylation is 1. The summed E-state index contributed by atoms with van der Waals surface area (Å²) in [7, 11) is 0. The maximum absolute atomic E-state index is 13.4. The molecule has 3 aliphatic heterocycles. The number of carbonyl (C=O) groups excluding carboxylic acids is 2. The minimum Gasteiger partial charge on any atom is -0.460 e. The number of nitrogens with zero attached hydrogens (tertiary/aromatic N) is 5. The van der Waals surface area contributed by atoms with E-state index in [0.29, 0.717) is 48.1 Å². The lowest BCUT2D eigenvalue weighted by atomic mass is 9.76. The van der Waals surface area contributed by atoms with Crippen LogP contribution in [-0.4, -0.2) is 133 Å². The van der Waals surface area contributed by atoms with Gasteiger partial charge in [0.25, 0.3) is 0 Å². The number of likely N-dealkylation sites (tertiary alicyclic amines) is 1. The summed E-state index contributed by atoms with van der Waals surface area (Å²) >= 11 is 0. The Bertz CT molecular complexity index is 1470. The minimum atomic E-state index is -0.364. The Labute approximate surface area is 354 Å². The predicted octanol–water partition coefficient (Wildman–Crippen LogP) is 8.19. The second kappa shape index (κ2) is 19.4. The first-order valence-corrected chi connectivity index (χ1v) is 24.2. The quantitative estimate of drug-likeness (QED) is 0.209. The molecule has 8 atom stereocenters. The molecule has 0 aromatic heterocycles. The van der Waals surface area contributed by atoms with Crippen molar-refractivity contribution >= 4 is 11.9 Å². The number of amides is 1. The van der Waals surface area contributed by atoms with Crippen LogP contribution in [0.25, 0.3) is 0 Å². The van der Waals surface area contributed by atoms with Gasteiger partial charge in [0, 0.05) is 103 Å². The first kappa shape index (κ1) is 44.1. The molecule has 8 nitrogen and oxygen atoms in total. The molecule has 7 fully saturated rings. The number of hydrogen-bond donors (Lipinski definition) is 0. The molecule has 8 rings (SSSR count). The zero-order valence-electron chi connectivity index (χ0n) is 38.2. The minimum absolute atomic E-state index is 0.0136. The molecule has 0 N–H and O–H groups in total. The molecule has 3 saturated heterocycles. The maximum atomic E-state index is 13.4. The van der Waals surface area contributed by atoms with E-state index in [2.05, 4.69) is 83.4 Å². The average molecular weight is 802 g/mol. The zero-order valence-corrected chi connectivity index (χ0v) is 38.2. The van der Waals surface area contributed by atoms with E-state index in [0.717, 1.165) is 61.9 Å². The third-order valence-corrected chi connectivity index (χ3v) is 16.4. The SMILES string of the molecule is CC(C)N1CCN(CC2C(CC(=O)OC(C)(C)C)[C@H]3CC[C@@H]2C3)CC1.Cc1ccc(C2CCN(C(=O)CC3C(CN4CCN(C(C)C)CC4)[C@@H]4CC[C@H]3C4)CC2)cc1. The molecule has 4 aliphatic carbocycles. The normalized spacial score (nSPS) is 32.6. The number of carbonyl (C=O) groups is 2. The number of piperidine rings is 1. The maximum Gasteiger partial charge on any atom is 0.306 e. The highest BCUT2D eigenvalue weighted by Gasteiger charge is 2.50. The van der Waals surface area contributed by atoms with Gasteiger partial charge in [0.15, 0.2) is 0 Å². The molecule has 7 aliphatic rings. The van der Waals surface area contributed by atoms with Gasteiger partial charge in [-0.1, -0.05) is 29.8 Å². The van der Waals surface area contributed by atoms with E-state index >= 15 is 0 Å². The summed E-state index contributed by atoms with van der Waals surface area (Å²) in [4.78, 5) is 38.6. The van der Waals surface area contributed by atoms with Gasteiger partial charge in [-0.25, -0.2) is 0 Å². The van der Waals surface area contributed by atoms with Crippen molar-refractivity contribution < 1.29 is 14.3 Å². The van der Waals surface area contributed by atoms with Crippen molar-refractivity contribution in [3.63, 3.8) is 0 Å².